The molecule has 0 spiro atoms. The maximum absolute atomic E-state index is 12.1. The highest BCUT2D eigenvalue weighted by Gasteiger charge is 2.23. The van der Waals surface area contributed by atoms with E-state index in [2.05, 4.69) is 24.5 Å². The van der Waals surface area contributed by atoms with Gasteiger partial charge in [0.15, 0.2) is 0 Å². The quantitative estimate of drug-likeness (QED) is 0.844. The molecule has 1 aromatic rings. The summed E-state index contributed by atoms with van der Waals surface area (Å²) in [5.41, 5.74) is 0.868. The fourth-order valence-corrected chi connectivity index (χ4v) is 3.63. The summed E-state index contributed by atoms with van der Waals surface area (Å²) in [7, 11) is 0. The zero-order chi connectivity index (χ0) is 16.2. The zero-order valence-corrected chi connectivity index (χ0v) is 15.2. The Hall–Kier alpha value is -0.420. The molecular formula is C16H22Cl2N2OS. The first-order valence-corrected chi connectivity index (χ1v) is 9.33. The lowest BCUT2D eigenvalue weighted by Gasteiger charge is -2.27. The normalized spacial score (nSPS) is 19.0. The Balaban J connectivity index is 1.88. The number of nitrogens with one attached hydrogen (secondary N) is 2. The molecule has 0 aliphatic carbocycles. The first kappa shape index (κ1) is 17.9. The van der Waals surface area contributed by atoms with E-state index >= 15 is 0 Å². The largest absolute Gasteiger partial charge is 0.355 e. The highest BCUT2D eigenvalue weighted by molar-refractivity contribution is 7.99. The summed E-state index contributed by atoms with van der Waals surface area (Å²) in [6.45, 7) is 5.73. The molecule has 2 rings (SSSR count). The van der Waals surface area contributed by atoms with Crippen LogP contribution < -0.4 is 10.6 Å². The first-order chi connectivity index (χ1) is 10.4. The third kappa shape index (κ3) is 5.05. The SMILES string of the molecule is CC(C)(CNC(=O)CC1CSCCN1)c1ccc(Cl)c(Cl)c1. The molecule has 1 heterocycles. The monoisotopic (exact) mass is 360 g/mol. The van der Waals surface area contributed by atoms with Crippen molar-refractivity contribution in [1.82, 2.24) is 10.6 Å². The van der Waals surface area contributed by atoms with Crippen molar-refractivity contribution in [3.8, 4) is 0 Å². The Labute approximate surface area is 146 Å². The van der Waals surface area contributed by atoms with Gasteiger partial charge in [-0.1, -0.05) is 43.1 Å². The molecule has 6 heteroatoms. The molecule has 22 heavy (non-hydrogen) atoms. The number of carbonyl (C=O) groups excluding carboxylic acids is 1. The summed E-state index contributed by atoms with van der Waals surface area (Å²) in [6, 6.07) is 5.91. The Morgan fingerprint density at radius 1 is 1.41 bits per heavy atom. The number of halogens is 2. The van der Waals surface area contributed by atoms with Crippen LogP contribution in [0.15, 0.2) is 18.2 Å². The molecule has 1 amide bonds. The molecule has 1 aliphatic rings. The van der Waals surface area contributed by atoms with Crippen molar-refractivity contribution in [1.29, 1.82) is 0 Å². The summed E-state index contributed by atoms with van der Waals surface area (Å²) < 4.78 is 0. The minimum Gasteiger partial charge on any atom is -0.355 e. The van der Waals surface area contributed by atoms with Gasteiger partial charge in [-0.05, 0) is 17.7 Å². The summed E-state index contributed by atoms with van der Waals surface area (Å²) in [6.07, 6.45) is 0.532. The van der Waals surface area contributed by atoms with Crippen LogP contribution in [0, 0.1) is 0 Å². The molecule has 0 radical (unpaired) electrons. The molecular weight excluding hydrogens is 339 g/mol. The van der Waals surface area contributed by atoms with E-state index < -0.39 is 0 Å². The second-order valence-electron chi connectivity index (χ2n) is 6.22. The van der Waals surface area contributed by atoms with Crippen LogP contribution in [-0.4, -0.2) is 36.5 Å². The van der Waals surface area contributed by atoms with E-state index in [-0.39, 0.29) is 17.4 Å². The van der Waals surface area contributed by atoms with Crippen LogP contribution in [0.25, 0.3) is 0 Å². The summed E-state index contributed by atoms with van der Waals surface area (Å²) in [5.74, 6) is 2.22. The third-order valence-electron chi connectivity index (χ3n) is 3.86. The smallest absolute Gasteiger partial charge is 0.221 e. The molecule has 1 unspecified atom stereocenters. The Morgan fingerprint density at radius 3 is 2.82 bits per heavy atom. The van der Waals surface area contributed by atoms with Crippen molar-refractivity contribution in [2.24, 2.45) is 0 Å². The topological polar surface area (TPSA) is 41.1 Å². The predicted octanol–water partition coefficient (Wildman–Crippen LogP) is 3.48. The minimum atomic E-state index is -0.196. The Bertz CT molecular complexity index is 531. The van der Waals surface area contributed by atoms with Gasteiger partial charge in [-0.15, -0.1) is 0 Å². The predicted molar refractivity (Wildman–Crippen MR) is 96.2 cm³/mol. The fraction of sp³-hybridized carbons (Fsp3) is 0.562. The van der Waals surface area contributed by atoms with E-state index in [1.165, 1.54) is 0 Å². The molecule has 1 saturated heterocycles. The Morgan fingerprint density at radius 2 is 2.18 bits per heavy atom. The Kier molecular flexibility index (Phi) is 6.45. The molecule has 122 valence electrons. The van der Waals surface area contributed by atoms with Crippen LogP contribution in [-0.2, 0) is 10.2 Å². The van der Waals surface area contributed by atoms with Gasteiger partial charge in [0.1, 0.15) is 0 Å². The third-order valence-corrected chi connectivity index (χ3v) is 5.73. The average molecular weight is 361 g/mol. The van der Waals surface area contributed by atoms with Crippen molar-refractivity contribution in [2.45, 2.75) is 31.7 Å². The van der Waals surface area contributed by atoms with E-state index in [0.29, 0.717) is 23.0 Å². The van der Waals surface area contributed by atoms with Crippen LogP contribution >= 0.6 is 35.0 Å². The molecule has 3 nitrogen and oxygen atoms in total. The van der Waals surface area contributed by atoms with Crippen molar-refractivity contribution >= 4 is 40.9 Å². The number of amides is 1. The van der Waals surface area contributed by atoms with Crippen LogP contribution in [0.2, 0.25) is 10.0 Å². The highest BCUT2D eigenvalue weighted by Crippen LogP contribution is 2.29. The van der Waals surface area contributed by atoms with Crippen LogP contribution in [0.1, 0.15) is 25.8 Å². The molecule has 1 fully saturated rings. The lowest BCUT2D eigenvalue weighted by atomic mass is 9.84. The molecule has 1 atom stereocenters. The van der Waals surface area contributed by atoms with Gasteiger partial charge in [0.25, 0.3) is 0 Å². The van der Waals surface area contributed by atoms with Gasteiger partial charge in [-0.2, -0.15) is 11.8 Å². The molecule has 2 N–H and O–H groups in total. The lowest BCUT2D eigenvalue weighted by Crippen LogP contribution is -2.43. The number of thioether (sulfide) groups is 1. The molecule has 1 aliphatic heterocycles. The van der Waals surface area contributed by atoms with E-state index in [9.17, 15) is 4.79 Å². The van der Waals surface area contributed by atoms with Gasteiger partial charge < -0.3 is 10.6 Å². The van der Waals surface area contributed by atoms with Crippen molar-refractivity contribution in [2.75, 3.05) is 24.6 Å². The number of rotatable bonds is 5. The standard InChI is InChI=1S/C16H22Cl2N2OS/c1-16(2,11-3-4-13(17)14(18)7-11)10-20-15(21)8-12-9-22-6-5-19-12/h3-4,7,12,19H,5-6,8-10H2,1-2H3,(H,20,21). The van der Waals surface area contributed by atoms with Gasteiger partial charge in [0, 0.05) is 42.5 Å². The van der Waals surface area contributed by atoms with E-state index in [1.807, 2.05) is 23.9 Å². The summed E-state index contributed by atoms with van der Waals surface area (Å²) in [4.78, 5) is 12.1. The van der Waals surface area contributed by atoms with Gasteiger partial charge >= 0.3 is 0 Å². The van der Waals surface area contributed by atoms with Crippen molar-refractivity contribution in [3.05, 3.63) is 33.8 Å². The summed E-state index contributed by atoms with van der Waals surface area (Å²) in [5, 5.41) is 7.51. The first-order valence-electron chi connectivity index (χ1n) is 7.42. The van der Waals surface area contributed by atoms with Crippen molar-refractivity contribution in [3.63, 3.8) is 0 Å². The molecule has 1 aromatic carbocycles. The maximum Gasteiger partial charge on any atom is 0.221 e. The van der Waals surface area contributed by atoms with Gasteiger partial charge in [0.2, 0.25) is 5.91 Å². The molecule has 0 saturated carbocycles. The van der Waals surface area contributed by atoms with Crippen molar-refractivity contribution < 1.29 is 4.79 Å². The number of hydrogen-bond donors (Lipinski definition) is 2. The highest BCUT2D eigenvalue weighted by atomic mass is 35.5. The molecule has 0 bridgehead atoms. The van der Waals surface area contributed by atoms with Gasteiger partial charge in [-0.3, -0.25) is 4.79 Å². The minimum absolute atomic E-state index is 0.0909. The fourth-order valence-electron chi connectivity index (χ4n) is 2.39. The summed E-state index contributed by atoms with van der Waals surface area (Å²) >= 11 is 13.9. The maximum atomic E-state index is 12.1. The number of carbonyl (C=O) groups is 1. The average Bonchev–Trinajstić information content (AvgIpc) is 2.49. The van der Waals surface area contributed by atoms with E-state index in [0.717, 1.165) is 23.6 Å². The van der Waals surface area contributed by atoms with Gasteiger partial charge in [-0.25, -0.2) is 0 Å². The number of hydrogen-bond acceptors (Lipinski definition) is 3. The zero-order valence-electron chi connectivity index (χ0n) is 12.9. The lowest BCUT2D eigenvalue weighted by molar-refractivity contribution is -0.121. The second kappa shape index (κ2) is 7.91. The van der Waals surface area contributed by atoms with E-state index in [1.54, 1.807) is 6.07 Å². The van der Waals surface area contributed by atoms with Gasteiger partial charge in [0.05, 0.1) is 10.0 Å². The van der Waals surface area contributed by atoms with Crippen LogP contribution in [0.3, 0.4) is 0 Å². The second-order valence-corrected chi connectivity index (χ2v) is 8.18. The van der Waals surface area contributed by atoms with Crippen LogP contribution in [0.5, 0.6) is 0 Å². The van der Waals surface area contributed by atoms with Crippen LogP contribution in [0.4, 0.5) is 0 Å². The number of benzene rings is 1. The molecule has 0 aromatic heterocycles. The van der Waals surface area contributed by atoms with E-state index in [4.69, 9.17) is 23.2 Å².